The van der Waals surface area contributed by atoms with Crippen LogP contribution in [0.1, 0.15) is 25.0 Å². The van der Waals surface area contributed by atoms with Crippen molar-refractivity contribution in [1.82, 2.24) is 0 Å². The molecule has 0 unspecified atom stereocenters. The molecule has 0 bridgehead atoms. The first kappa shape index (κ1) is 26.2. The number of hydrogen-bond donors (Lipinski definition) is 0. The van der Waals surface area contributed by atoms with E-state index in [2.05, 4.69) is 183 Å². The van der Waals surface area contributed by atoms with Gasteiger partial charge >= 0.3 is 0 Å². The number of fused-ring (bicyclic) bond motifs is 5. The van der Waals surface area contributed by atoms with Crippen LogP contribution in [-0.2, 0) is 5.41 Å². The fraction of sp³-hybridized carbons (Fsp3) is 0.0698. The van der Waals surface area contributed by atoms with Gasteiger partial charge in [-0.3, -0.25) is 0 Å². The molecule has 8 rings (SSSR count). The fourth-order valence-electron chi connectivity index (χ4n) is 7.21. The van der Waals surface area contributed by atoms with Crippen molar-refractivity contribution in [3.63, 3.8) is 0 Å². The molecular formula is C43H33N. The van der Waals surface area contributed by atoms with Gasteiger partial charge in [-0.15, -0.1) is 0 Å². The molecule has 0 aliphatic heterocycles. The summed E-state index contributed by atoms with van der Waals surface area (Å²) in [7, 11) is 0. The second kappa shape index (κ2) is 10.4. The van der Waals surface area contributed by atoms with Gasteiger partial charge in [-0.05, 0) is 86.1 Å². The Hall–Kier alpha value is -5.40. The highest BCUT2D eigenvalue weighted by Gasteiger charge is 2.39. The third-order valence-electron chi connectivity index (χ3n) is 9.23. The van der Waals surface area contributed by atoms with Gasteiger partial charge in [0.05, 0.1) is 5.69 Å². The Kier molecular flexibility index (Phi) is 6.20. The predicted molar refractivity (Wildman–Crippen MR) is 187 cm³/mol. The van der Waals surface area contributed by atoms with Gasteiger partial charge < -0.3 is 4.90 Å². The zero-order chi connectivity index (χ0) is 29.7. The van der Waals surface area contributed by atoms with E-state index in [0.717, 1.165) is 11.4 Å². The van der Waals surface area contributed by atoms with E-state index in [-0.39, 0.29) is 5.41 Å². The molecule has 1 aliphatic rings. The van der Waals surface area contributed by atoms with E-state index in [4.69, 9.17) is 0 Å². The van der Waals surface area contributed by atoms with Crippen LogP contribution in [0.4, 0.5) is 17.1 Å². The first-order valence-electron chi connectivity index (χ1n) is 15.4. The molecule has 0 amide bonds. The predicted octanol–water partition coefficient (Wildman–Crippen LogP) is 11.9. The van der Waals surface area contributed by atoms with Crippen molar-refractivity contribution in [2.24, 2.45) is 0 Å². The number of para-hydroxylation sites is 1. The van der Waals surface area contributed by atoms with E-state index < -0.39 is 0 Å². The lowest BCUT2D eigenvalue weighted by Gasteiger charge is -2.29. The average molecular weight is 564 g/mol. The lowest BCUT2D eigenvalue weighted by molar-refractivity contribution is 0.666. The first-order chi connectivity index (χ1) is 21.6. The van der Waals surface area contributed by atoms with E-state index in [1.165, 1.54) is 61.0 Å². The summed E-state index contributed by atoms with van der Waals surface area (Å²) < 4.78 is 0. The summed E-state index contributed by atoms with van der Waals surface area (Å²) in [5, 5.41) is 2.63. The summed E-state index contributed by atoms with van der Waals surface area (Å²) in [6.45, 7) is 4.77. The Morgan fingerprint density at radius 1 is 0.432 bits per heavy atom. The third kappa shape index (κ3) is 4.16. The molecule has 7 aromatic carbocycles. The van der Waals surface area contributed by atoms with Gasteiger partial charge in [0.25, 0.3) is 0 Å². The van der Waals surface area contributed by atoms with Crippen molar-refractivity contribution < 1.29 is 0 Å². The normalized spacial score (nSPS) is 13.0. The molecule has 0 aromatic heterocycles. The molecule has 1 nitrogen and oxygen atoms in total. The topological polar surface area (TPSA) is 3.24 Å². The zero-order valence-electron chi connectivity index (χ0n) is 25.0. The van der Waals surface area contributed by atoms with Crippen LogP contribution in [0.25, 0.3) is 44.2 Å². The van der Waals surface area contributed by atoms with E-state index in [9.17, 15) is 0 Å². The molecule has 0 fully saturated rings. The van der Waals surface area contributed by atoms with E-state index >= 15 is 0 Å². The van der Waals surface area contributed by atoms with E-state index in [1.54, 1.807) is 0 Å². The maximum atomic E-state index is 2.45. The van der Waals surface area contributed by atoms with E-state index in [1.807, 2.05) is 0 Å². The standard InChI is InChI=1S/C43H33N/c1-43(2)39-23-14-24-40(41(39)38-29-37(32-17-8-4-9-18-32)35-21-12-13-22-36(35)42(38)43)44(33-19-10-5-11-20-33)34-27-25-31(26-28-34)30-15-6-3-7-16-30/h3-29H,1-2H3. The molecule has 0 spiro atoms. The first-order valence-corrected chi connectivity index (χ1v) is 15.4. The fourth-order valence-corrected chi connectivity index (χ4v) is 7.21. The van der Waals surface area contributed by atoms with Crippen molar-refractivity contribution in [3.05, 3.63) is 175 Å². The van der Waals surface area contributed by atoms with Crippen LogP contribution < -0.4 is 4.90 Å². The average Bonchev–Trinajstić information content (AvgIpc) is 3.33. The van der Waals surface area contributed by atoms with Crippen LogP contribution in [0, 0.1) is 0 Å². The summed E-state index contributed by atoms with van der Waals surface area (Å²) in [6.07, 6.45) is 0. The molecule has 1 aliphatic carbocycles. The number of nitrogens with zero attached hydrogens (tertiary/aromatic N) is 1. The molecule has 0 radical (unpaired) electrons. The Morgan fingerprint density at radius 3 is 1.66 bits per heavy atom. The second-order valence-corrected chi connectivity index (χ2v) is 12.2. The molecule has 44 heavy (non-hydrogen) atoms. The molecule has 0 heterocycles. The van der Waals surface area contributed by atoms with E-state index in [0.29, 0.717) is 0 Å². The maximum absolute atomic E-state index is 2.45. The number of anilines is 3. The van der Waals surface area contributed by atoms with Gasteiger partial charge in [-0.1, -0.05) is 141 Å². The zero-order valence-corrected chi connectivity index (χ0v) is 25.0. The summed E-state index contributed by atoms with van der Waals surface area (Å²) in [5.41, 5.74) is 13.7. The van der Waals surface area contributed by atoms with Crippen LogP contribution in [0.2, 0.25) is 0 Å². The van der Waals surface area contributed by atoms with Crippen molar-refractivity contribution in [1.29, 1.82) is 0 Å². The highest BCUT2D eigenvalue weighted by atomic mass is 15.1. The summed E-state index contributed by atoms with van der Waals surface area (Å²) in [5.74, 6) is 0. The van der Waals surface area contributed by atoms with Gasteiger partial charge in [-0.25, -0.2) is 0 Å². The van der Waals surface area contributed by atoms with Gasteiger partial charge in [0.15, 0.2) is 0 Å². The molecular weight excluding hydrogens is 530 g/mol. The highest BCUT2D eigenvalue weighted by molar-refractivity contribution is 6.08. The van der Waals surface area contributed by atoms with Crippen molar-refractivity contribution in [2.75, 3.05) is 4.90 Å². The second-order valence-electron chi connectivity index (χ2n) is 12.2. The van der Waals surface area contributed by atoms with Crippen molar-refractivity contribution in [3.8, 4) is 33.4 Å². The SMILES string of the molecule is CC1(C)c2cccc(N(c3ccccc3)c3ccc(-c4ccccc4)cc3)c2-c2cc(-c3ccccc3)c3ccccc3c21. The number of hydrogen-bond acceptors (Lipinski definition) is 1. The molecule has 0 saturated heterocycles. The van der Waals surface area contributed by atoms with Crippen LogP contribution in [-0.4, -0.2) is 0 Å². The number of benzene rings is 7. The van der Waals surface area contributed by atoms with Crippen molar-refractivity contribution >= 4 is 27.8 Å². The van der Waals surface area contributed by atoms with Crippen LogP contribution in [0.15, 0.2) is 164 Å². The van der Waals surface area contributed by atoms with Gasteiger partial charge in [0.1, 0.15) is 0 Å². The Morgan fingerprint density at radius 2 is 0.977 bits per heavy atom. The third-order valence-corrected chi connectivity index (χ3v) is 9.23. The highest BCUT2D eigenvalue weighted by Crippen LogP contribution is 2.57. The Labute approximate surface area is 259 Å². The van der Waals surface area contributed by atoms with Crippen LogP contribution in [0.5, 0.6) is 0 Å². The minimum atomic E-state index is -0.158. The van der Waals surface area contributed by atoms with Gasteiger partial charge in [0.2, 0.25) is 0 Å². The lowest BCUT2D eigenvalue weighted by atomic mass is 9.79. The van der Waals surface area contributed by atoms with Crippen LogP contribution in [0.3, 0.4) is 0 Å². The Balaban J connectivity index is 1.39. The molecule has 1 heteroatoms. The van der Waals surface area contributed by atoms with Gasteiger partial charge in [-0.2, -0.15) is 0 Å². The number of rotatable bonds is 5. The van der Waals surface area contributed by atoms with Gasteiger partial charge in [0, 0.05) is 22.4 Å². The quantitative estimate of drug-likeness (QED) is 0.201. The smallest absolute Gasteiger partial charge is 0.0543 e. The molecule has 0 saturated carbocycles. The Bertz CT molecular complexity index is 2110. The molecule has 210 valence electrons. The molecule has 7 aromatic rings. The van der Waals surface area contributed by atoms with Crippen molar-refractivity contribution in [2.45, 2.75) is 19.3 Å². The minimum Gasteiger partial charge on any atom is -0.310 e. The largest absolute Gasteiger partial charge is 0.310 e. The lowest BCUT2D eigenvalue weighted by Crippen LogP contribution is -2.16. The monoisotopic (exact) mass is 563 g/mol. The molecule has 0 N–H and O–H groups in total. The maximum Gasteiger partial charge on any atom is 0.0543 e. The summed E-state index contributed by atoms with van der Waals surface area (Å²) in [4.78, 5) is 2.43. The minimum absolute atomic E-state index is 0.158. The van der Waals surface area contributed by atoms with Crippen LogP contribution >= 0.6 is 0 Å². The summed E-state index contributed by atoms with van der Waals surface area (Å²) >= 11 is 0. The summed E-state index contributed by atoms with van der Waals surface area (Å²) in [6, 6.07) is 59.4. The molecule has 0 atom stereocenters.